The highest BCUT2D eigenvalue weighted by Gasteiger charge is 2.27. The van der Waals surface area contributed by atoms with Crippen molar-refractivity contribution in [3.63, 3.8) is 0 Å². The van der Waals surface area contributed by atoms with Crippen LogP contribution in [0.3, 0.4) is 0 Å². The van der Waals surface area contributed by atoms with Gasteiger partial charge in [-0.15, -0.1) is 0 Å². The Balaban J connectivity index is 2.07. The Kier molecular flexibility index (Phi) is 5.08. The van der Waals surface area contributed by atoms with Crippen LogP contribution in [0.25, 0.3) is 11.0 Å². The third kappa shape index (κ3) is 3.47. The molecular weight excluding hydrogens is 336 g/mol. The number of nitrogens with zero attached hydrogens (tertiary/aromatic N) is 2. The van der Waals surface area contributed by atoms with Gasteiger partial charge in [-0.1, -0.05) is 24.3 Å². The minimum atomic E-state index is -1.58. The Bertz CT molecular complexity index is 947. The molecule has 2 unspecified atom stereocenters. The second-order valence-corrected chi connectivity index (χ2v) is 5.68. The number of aliphatic hydroxyl groups is 3. The number of carbonyl (C=O) groups excluding carboxylic acids is 1. The first-order valence-corrected chi connectivity index (χ1v) is 7.90. The summed E-state index contributed by atoms with van der Waals surface area (Å²) in [6, 6.07) is 13.5. The zero-order valence-corrected chi connectivity index (χ0v) is 13.7. The quantitative estimate of drug-likeness (QED) is 0.428. The molecule has 3 rings (SSSR count). The van der Waals surface area contributed by atoms with E-state index in [1.165, 1.54) is 0 Å². The molecule has 2 aromatic carbocycles. The van der Waals surface area contributed by atoms with Gasteiger partial charge in [-0.2, -0.15) is 0 Å². The third-order valence-electron chi connectivity index (χ3n) is 3.85. The Hall–Kier alpha value is -3.07. The molecule has 0 radical (unpaired) electrons. The first-order chi connectivity index (χ1) is 12.5. The van der Waals surface area contributed by atoms with E-state index in [9.17, 15) is 15.0 Å². The number of nitrogen functional groups attached to an aromatic ring is 1. The summed E-state index contributed by atoms with van der Waals surface area (Å²) < 4.78 is 0. The number of rotatable bonds is 5. The van der Waals surface area contributed by atoms with Crippen molar-refractivity contribution in [3.8, 4) is 0 Å². The van der Waals surface area contributed by atoms with Gasteiger partial charge in [0.05, 0.1) is 29.0 Å². The van der Waals surface area contributed by atoms with E-state index in [1.54, 1.807) is 48.5 Å². The molecule has 1 aromatic heterocycles. The van der Waals surface area contributed by atoms with Crippen LogP contribution in [-0.2, 0) is 0 Å². The molecule has 134 valence electrons. The molecule has 1 heterocycles. The fourth-order valence-corrected chi connectivity index (χ4v) is 2.46. The second kappa shape index (κ2) is 7.44. The summed E-state index contributed by atoms with van der Waals surface area (Å²) >= 11 is 0. The summed E-state index contributed by atoms with van der Waals surface area (Å²) in [6.07, 6.45) is -3.08. The zero-order chi connectivity index (χ0) is 18.7. The lowest BCUT2D eigenvalue weighted by molar-refractivity contribution is -0.0176. The molecule has 2 atom stereocenters. The van der Waals surface area contributed by atoms with Crippen LogP contribution in [0, 0.1) is 0 Å². The van der Waals surface area contributed by atoms with Crippen molar-refractivity contribution in [2.75, 3.05) is 17.7 Å². The molecule has 1 amide bonds. The van der Waals surface area contributed by atoms with E-state index in [1.807, 2.05) is 0 Å². The summed E-state index contributed by atoms with van der Waals surface area (Å²) in [4.78, 5) is 21.2. The summed E-state index contributed by atoms with van der Waals surface area (Å²) in [5.41, 5.74) is 7.20. The lowest BCUT2D eigenvalue weighted by Crippen LogP contribution is -2.27. The second-order valence-electron chi connectivity index (χ2n) is 5.68. The number of para-hydroxylation sites is 4. The number of amides is 1. The Morgan fingerprint density at radius 3 is 2.31 bits per heavy atom. The van der Waals surface area contributed by atoms with Crippen molar-refractivity contribution < 1.29 is 20.1 Å². The average molecular weight is 354 g/mol. The van der Waals surface area contributed by atoms with E-state index in [-0.39, 0.29) is 11.4 Å². The summed E-state index contributed by atoms with van der Waals surface area (Å²) in [7, 11) is 0. The number of fused-ring (bicyclic) bond motifs is 1. The maximum absolute atomic E-state index is 12.7. The van der Waals surface area contributed by atoms with E-state index in [2.05, 4.69) is 15.3 Å². The maximum atomic E-state index is 12.7. The molecule has 8 heteroatoms. The molecule has 0 bridgehead atoms. The maximum Gasteiger partial charge on any atom is 0.276 e. The van der Waals surface area contributed by atoms with Crippen molar-refractivity contribution in [1.29, 1.82) is 0 Å². The molecule has 0 saturated carbocycles. The summed E-state index contributed by atoms with van der Waals surface area (Å²) in [6.45, 7) is -0.692. The average Bonchev–Trinajstić information content (AvgIpc) is 2.67. The van der Waals surface area contributed by atoms with Gasteiger partial charge in [0.25, 0.3) is 5.91 Å². The van der Waals surface area contributed by atoms with Crippen LogP contribution in [-0.4, -0.2) is 43.9 Å². The van der Waals surface area contributed by atoms with Gasteiger partial charge in [0.1, 0.15) is 17.9 Å². The van der Waals surface area contributed by atoms with Gasteiger partial charge in [0.15, 0.2) is 5.69 Å². The Labute approximate surface area is 149 Å². The number of carbonyl (C=O) groups is 1. The topological polar surface area (TPSA) is 142 Å². The van der Waals surface area contributed by atoms with Gasteiger partial charge in [0.2, 0.25) is 0 Å². The first-order valence-electron chi connectivity index (χ1n) is 7.90. The van der Waals surface area contributed by atoms with E-state index >= 15 is 0 Å². The number of aromatic nitrogens is 2. The number of nitrogens with one attached hydrogen (secondary N) is 1. The number of aliphatic hydroxyl groups excluding tert-OH is 3. The molecule has 8 nitrogen and oxygen atoms in total. The largest absolute Gasteiger partial charge is 0.397 e. The number of benzene rings is 2. The minimum Gasteiger partial charge on any atom is -0.397 e. The van der Waals surface area contributed by atoms with E-state index < -0.39 is 24.7 Å². The predicted molar refractivity (Wildman–Crippen MR) is 96.4 cm³/mol. The van der Waals surface area contributed by atoms with E-state index in [0.29, 0.717) is 22.4 Å². The lowest BCUT2D eigenvalue weighted by atomic mass is 10.1. The zero-order valence-electron chi connectivity index (χ0n) is 13.7. The van der Waals surface area contributed by atoms with Crippen LogP contribution >= 0.6 is 0 Å². The number of hydrogen-bond acceptors (Lipinski definition) is 7. The van der Waals surface area contributed by atoms with Crippen LogP contribution < -0.4 is 11.1 Å². The van der Waals surface area contributed by atoms with Crippen molar-refractivity contribution in [1.82, 2.24) is 9.97 Å². The van der Waals surface area contributed by atoms with Crippen molar-refractivity contribution >= 4 is 28.3 Å². The molecule has 0 saturated heterocycles. The number of hydrogen-bond donors (Lipinski definition) is 5. The third-order valence-corrected chi connectivity index (χ3v) is 3.85. The van der Waals surface area contributed by atoms with Crippen LogP contribution in [0.2, 0.25) is 0 Å². The normalized spacial score (nSPS) is 13.3. The van der Waals surface area contributed by atoms with E-state index in [0.717, 1.165) is 0 Å². The van der Waals surface area contributed by atoms with Gasteiger partial charge in [-0.3, -0.25) is 4.79 Å². The highest BCUT2D eigenvalue weighted by Crippen LogP contribution is 2.24. The smallest absolute Gasteiger partial charge is 0.276 e. The van der Waals surface area contributed by atoms with Crippen molar-refractivity contribution in [2.45, 2.75) is 12.2 Å². The van der Waals surface area contributed by atoms with Crippen molar-refractivity contribution in [2.24, 2.45) is 0 Å². The van der Waals surface area contributed by atoms with Crippen LogP contribution in [0.15, 0.2) is 48.5 Å². The molecule has 0 aliphatic heterocycles. The molecule has 26 heavy (non-hydrogen) atoms. The molecular formula is C18H18N4O4. The van der Waals surface area contributed by atoms with Gasteiger partial charge in [-0.05, 0) is 24.3 Å². The van der Waals surface area contributed by atoms with Crippen LogP contribution in [0.4, 0.5) is 11.4 Å². The van der Waals surface area contributed by atoms with E-state index in [4.69, 9.17) is 10.8 Å². The summed E-state index contributed by atoms with van der Waals surface area (Å²) in [5.74, 6) is -0.639. The van der Waals surface area contributed by atoms with Gasteiger partial charge in [0, 0.05) is 0 Å². The lowest BCUT2D eigenvalue weighted by Gasteiger charge is -2.18. The minimum absolute atomic E-state index is 0.128. The molecule has 0 spiro atoms. The highest BCUT2D eigenvalue weighted by molar-refractivity contribution is 6.06. The molecule has 3 aromatic rings. The van der Waals surface area contributed by atoms with Crippen molar-refractivity contribution in [3.05, 3.63) is 59.9 Å². The summed E-state index contributed by atoms with van der Waals surface area (Å²) in [5, 5.41) is 31.8. The van der Waals surface area contributed by atoms with Crippen LogP contribution in [0.1, 0.15) is 22.3 Å². The Morgan fingerprint density at radius 1 is 1.04 bits per heavy atom. The molecule has 6 N–H and O–H groups in total. The number of anilines is 2. The standard InChI is InChI=1S/C18H18N4O4/c19-10-5-1-2-6-11(10)22-18(26)16-15(17(25)14(24)9-23)20-12-7-3-4-8-13(12)21-16/h1-8,14,17,23-25H,9,19H2,(H,22,26). The monoisotopic (exact) mass is 354 g/mol. The fourth-order valence-electron chi connectivity index (χ4n) is 2.46. The highest BCUT2D eigenvalue weighted by atomic mass is 16.4. The molecule has 0 fully saturated rings. The Morgan fingerprint density at radius 2 is 1.65 bits per heavy atom. The molecule has 0 aliphatic carbocycles. The van der Waals surface area contributed by atoms with Crippen LogP contribution in [0.5, 0.6) is 0 Å². The van der Waals surface area contributed by atoms with Gasteiger partial charge in [-0.25, -0.2) is 9.97 Å². The number of nitrogens with two attached hydrogens (primary N) is 1. The SMILES string of the molecule is Nc1ccccc1NC(=O)c1nc2ccccc2nc1C(O)C(O)CO. The van der Waals surface area contributed by atoms with Gasteiger partial charge >= 0.3 is 0 Å². The fraction of sp³-hybridized carbons (Fsp3) is 0.167. The molecule has 0 aliphatic rings. The first kappa shape index (κ1) is 17.7. The predicted octanol–water partition coefficient (Wildman–Crippen LogP) is 0.851. The van der Waals surface area contributed by atoms with Gasteiger partial charge < -0.3 is 26.4 Å².